The number of nitrogens with one attached hydrogen (secondary N) is 1. The van der Waals surface area contributed by atoms with Crippen molar-refractivity contribution in [1.29, 1.82) is 0 Å². The molecular weight excluding hydrogens is 248 g/mol. The van der Waals surface area contributed by atoms with E-state index in [-0.39, 0.29) is 12.5 Å². The number of carbonyl (C=O) groups is 1. The van der Waals surface area contributed by atoms with Crippen molar-refractivity contribution in [2.24, 2.45) is 11.7 Å². The molecule has 0 atom stereocenters. The summed E-state index contributed by atoms with van der Waals surface area (Å²) in [5.74, 6) is 0.506. The molecule has 2 rings (SSSR count). The second kappa shape index (κ2) is 5.93. The van der Waals surface area contributed by atoms with E-state index in [0.29, 0.717) is 23.2 Å². The normalized spacial score (nSPS) is 14.2. The van der Waals surface area contributed by atoms with Crippen molar-refractivity contribution in [3.05, 3.63) is 29.8 Å². The standard InChI is InChI=1S/C13H16N2O2S/c14-13(18)10-2-1-3-11(6-10)15-12(16)8-17-7-9-4-5-9/h1-3,6,9H,4-5,7-8H2,(H2,14,18)(H,15,16). The van der Waals surface area contributed by atoms with Crippen LogP contribution in [0.5, 0.6) is 0 Å². The van der Waals surface area contributed by atoms with E-state index in [9.17, 15) is 4.79 Å². The van der Waals surface area contributed by atoms with Gasteiger partial charge in [-0.05, 0) is 30.9 Å². The number of benzene rings is 1. The van der Waals surface area contributed by atoms with Crippen LogP contribution in [0.15, 0.2) is 24.3 Å². The molecule has 3 N–H and O–H groups in total. The maximum atomic E-state index is 11.6. The van der Waals surface area contributed by atoms with Crippen LogP contribution in [0.3, 0.4) is 0 Å². The molecule has 0 bridgehead atoms. The van der Waals surface area contributed by atoms with Crippen molar-refractivity contribution in [3.63, 3.8) is 0 Å². The Kier molecular flexibility index (Phi) is 4.28. The van der Waals surface area contributed by atoms with Crippen molar-refractivity contribution in [2.75, 3.05) is 18.5 Å². The molecule has 18 heavy (non-hydrogen) atoms. The van der Waals surface area contributed by atoms with E-state index in [4.69, 9.17) is 22.7 Å². The Morgan fingerprint density at radius 2 is 2.28 bits per heavy atom. The van der Waals surface area contributed by atoms with Crippen LogP contribution in [-0.4, -0.2) is 24.1 Å². The van der Waals surface area contributed by atoms with Gasteiger partial charge in [0.15, 0.2) is 0 Å². The van der Waals surface area contributed by atoms with Crippen LogP contribution in [0, 0.1) is 5.92 Å². The van der Waals surface area contributed by atoms with Gasteiger partial charge < -0.3 is 15.8 Å². The summed E-state index contributed by atoms with van der Waals surface area (Å²) >= 11 is 4.88. The third-order valence-electron chi connectivity index (χ3n) is 2.71. The fourth-order valence-electron chi connectivity index (χ4n) is 1.55. The van der Waals surface area contributed by atoms with Crippen LogP contribution in [0.4, 0.5) is 5.69 Å². The number of ether oxygens (including phenoxy) is 1. The van der Waals surface area contributed by atoms with E-state index in [1.807, 2.05) is 6.07 Å². The maximum Gasteiger partial charge on any atom is 0.250 e. The van der Waals surface area contributed by atoms with Crippen molar-refractivity contribution in [1.82, 2.24) is 0 Å². The molecule has 0 saturated heterocycles. The van der Waals surface area contributed by atoms with Crippen LogP contribution in [-0.2, 0) is 9.53 Å². The summed E-state index contributed by atoms with van der Waals surface area (Å²) in [6.07, 6.45) is 2.44. The Bertz CT molecular complexity index is 458. The first-order chi connectivity index (χ1) is 8.65. The molecule has 1 aliphatic carbocycles. The van der Waals surface area contributed by atoms with Gasteiger partial charge >= 0.3 is 0 Å². The molecule has 1 aliphatic rings. The molecular formula is C13H16N2O2S. The van der Waals surface area contributed by atoms with Gasteiger partial charge in [0.1, 0.15) is 11.6 Å². The van der Waals surface area contributed by atoms with E-state index in [0.717, 1.165) is 5.56 Å². The molecule has 4 nitrogen and oxygen atoms in total. The number of carbonyl (C=O) groups excluding carboxylic acids is 1. The predicted octanol–water partition coefficient (Wildman–Crippen LogP) is 1.69. The molecule has 1 aromatic rings. The first kappa shape index (κ1) is 13.0. The number of anilines is 1. The topological polar surface area (TPSA) is 64.3 Å². The highest BCUT2D eigenvalue weighted by atomic mass is 32.1. The van der Waals surface area contributed by atoms with Gasteiger partial charge in [0.2, 0.25) is 5.91 Å². The zero-order chi connectivity index (χ0) is 13.0. The van der Waals surface area contributed by atoms with Crippen LogP contribution in [0.2, 0.25) is 0 Å². The van der Waals surface area contributed by atoms with Crippen LogP contribution >= 0.6 is 12.2 Å². The minimum Gasteiger partial charge on any atom is -0.389 e. The number of amides is 1. The third kappa shape index (κ3) is 4.09. The first-order valence-corrected chi connectivity index (χ1v) is 6.33. The van der Waals surface area contributed by atoms with Gasteiger partial charge in [-0.25, -0.2) is 0 Å². The lowest BCUT2D eigenvalue weighted by Crippen LogP contribution is -2.19. The second-order valence-electron chi connectivity index (χ2n) is 4.45. The average Bonchev–Trinajstić information content (AvgIpc) is 3.13. The number of rotatable bonds is 6. The molecule has 1 amide bonds. The SMILES string of the molecule is NC(=S)c1cccc(NC(=O)COCC2CC2)c1. The molecule has 1 saturated carbocycles. The van der Waals surface area contributed by atoms with Crippen LogP contribution in [0.1, 0.15) is 18.4 Å². The van der Waals surface area contributed by atoms with Crippen molar-refractivity contribution >= 4 is 28.8 Å². The van der Waals surface area contributed by atoms with Gasteiger partial charge in [-0.2, -0.15) is 0 Å². The minimum atomic E-state index is -0.157. The van der Waals surface area contributed by atoms with E-state index in [1.165, 1.54) is 12.8 Å². The van der Waals surface area contributed by atoms with Crippen molar-refractivity contribution in [2.45, 2.75) is 12.8 Å². The summed E-state index contributed by atoms with van der Waals surface area (Å²) in [5.41, 5.74) is 6.95. The van der Waals surface area contributed by atoms with E-state index in [2.05, 4.69) is 5.32 Å². The summed E-state index contributed by atoms with van der Waals surface area (Å²) in [4.78, 5) is 11.9. The first-order valence-electron chi connectivity index (χ1n) is 5.92. The Morgan fingerprint density at radius 1 is 1.50 bits per heavy atom. The number of nitrogens with two attached hydrogens (primary N) is 1. The largest absolute Gasteiger partial charge is 0.389 e. The summed E-state index contributed by atoms with van der Waals surface area (Å²) < 4.78 is 5.31. The minimum absolute atomic E-state index is 0.0911. The number of thiocarbonyl (C=S) groups is 1. The Balaban J connectivity index is 1.81. The van der Waals surface area contributed by atoms with Crippen LogP contribution < -0.4 is 11.1 Å². The summed E-state index contributed by atoms with van der Waals surface area (Å²) in [6.45, 7) is 0.772. The lowest BCUT2D eigenvalue weighted by Gasteiger charge is -2.07. The quantitative estimate of drug-likeness (QED) is 0.767. The Hall–Kier alpha value is -1.46. The molecule has 1 aromatic carbocycles. The number of hydrogen-bond acceptors (Lipinski definition) is 3. The predicted molar refractivity (Wildman–Crippen MR) is 74.5 cm³/mol. The molecule has 0 heterocycles. The second-order valence-corrected chi connectivity index (χ2v) is 4.89. The molecule has 0 radical (unpaired) electrons. The highest BCUT2D eigenvalue weighted by Crippen LogP contribution is 2.28. The van der Waals surface area contributed by atoms with Crippen LogP contribution in [0.25, 0.3) is 0 Å². The molecule has 1 fully saturated rings. The number of hydrogen-bond donors (Lipinski definition) is 2. The summed E-state index contributed by atoms with van der Waals surface area (Å²) in [7, 11) is 0. The van der Waals surface area contributed by atoms with E-state index < -0.39 is 0 Å². The highest BCUT2D eigenvalue weighted by molar-refractivity contribution is 7.80. The molecule has 5 heteroatoms. The molecule has 0 aliphatic heterocycles. The van der Waals surface area contributed by atoms with Gasteiger partial charge in [-0.3, -0.25) is 4.79 Å². The Morgan fingerprint density at radius 3 is 2.94 bits per heavy atom. The monoisotopic (exact) mass is 264 g/mol. The zero-order valence-corrected chi connectivity index (χ0v) is 10.8. The highest BCUT2D eigenvalue weighted by Gasteiger charge is 2.21. The van der Waals surface area contributed by atoms with Gasteiger partial charge in [0.05, 0.1) is 6.61 Å². The lowest BCUT2D eigenvalue weighted by molar-refractivity contribution is -0.120. The van der Waals surface area contributed by atoms with Gasteiger partial charge in [0, 0.05) is 11.3 Å². The molecule has 0 spiro atoms. The molecule has 0 unspecified atom stereocenters. The van der Waals surface area contributed by atoms with Gasteiger partial charge in [0.25, 0.3) is 0 Å². The summed E-state index contributed by atoms with van der Waals surface area (Å²) in [5, 5.41) is 2.75. The molecule has 96 valence electrons. The summed E-state index contributed by atoms with van der Waals surface area (Å²) in [6, 6.07) is 7.15. The van der Waals surface area contributed by atoms with Gasteiger partial charge in [-0.15, -0.1) is 0 Å². The van der Waals surface area contributed by atoms with Crippen molar-refractivity contribution < 1.29 is 9.53 Å². The Labute approximate surface area is 112 Å². The van der Waals surface area contributed by atoms with E-state index >= 15 is 0 Å². The maximum absolute atomic E-state index is 11.6. The van der Waals surface area contributed by atoms with Gasteiger partial charge in [-0.1, -0.05) is 24.4 Å². The van der Waals surface area contributed by atoms with E-state index in [1.54, 1.807) is 18.2 Å². The fraction of sp³-hybridized carbons (Fsp3) is 0.385. The van der Waals surface area contributed by atoms with Crippen molar-refractivity contribution in [3.8, 4) is 0 Å². The smallest absolute Gasteiger partial charge is 0.250 e. The fourth-order valence-corrected chi connectivity index (χ4v) is 1.68. The molecule has 0 aromatic heterocycles. The zero-order valence-electron chi connectivity index (χ0n) is 10.0. The third-order valence-corrected chi connectivity index (χ3v) is 2.95. The lowest BCUT2D eigenvalue weighted by atomic mass is 10.2. The average molecular weight is 264 g/mol.